The number of rotatable bonds is 4. The third kappa shape index (κ3) is 2.50. The van der Waals surface area contributed by atoms with Crippen LogP contribution >= 0.6 is 0 Å². The minimum absolute atomic E-state index is 0.0322. The highest BCUT2D eigenvalue weighted by Crippen LogP contribution is 2.30. The highest BCUT2D eigenvalue weighted by Gasteiger charge is 2.35. The summed E-state index contributed by atoms with van der Waals surface area (Å²) in [5, 5.41) is 7.42. The zero-order valence-corrected chi connectivity index (χ0v) is 10.8. The molecule has 2 rings (SSSR count). The van der Waals surface area contributed by atoms with E-state index in [4.69, 9.17) is 9.26 Å². The fraction of sp³-hybridized carbons (Fsp3) is 0.833. The number of piperidine rings is 1. The van der Waals surface area contributed by atoms with E-state index >= 15 is 0 Å². The summed E-state index contributed by atoms with van der Waals surface area (Å²) in [6.45, 7) is 6.20. The number of nitrogens with one attached hydrogen (secondary N) is 1. The van der Waals surface area contributed by atoms with Crippen LogP contribution in [0.3, 0.4) is 0 Å². The van der Waals surface area contributed by atoms with E-state index in [9.17, 15) is 0 Å². The Morgan fingerprint density at radius 1 is 1.59 bits per heavy atom. The Balaban J connectivity index is 2.16. The summed E-state index contributed by atoms with van der Waals surface area (Å²) >= 11 is 0. The molecule has 0 saturated carbocycles. The second-order valence-electron chi connectivity index (χ2n) is 4.93. The molecule has 0 spiro atoms. The van der Waals surface area contributed by atoms with Crippen molar-refractivity contribution in [3.8, 4) is 0 Å². The van der Waals surface area contributed by atoms with Crippen LogP contribution in [0.25, 0.3) is 0 Å². The monoisotopic (exact) mass is 239 g/mol. The van der Waals surface area contributed by atoms with Gasteiger partial charge >= 0.3 is 0 Å². The molecule has 96 valence electrons. The molecule has 17 heavy (non-hydrogen) atoms. The minimum Gasteiger partial charge on any atom is -0.373 e. The maximum absolute atomic E-state index is 5.41. The standard InChI is InChI=1S/C12H21N3O2/c1-4-9(16-3)10-14-11(17-15-10)12(2)6-5-7-13-8-12/h9,13H,4-8H2,1-3H3. The van der Waals surface area contributed by atoms with Gasteiger partial charge in [-0.2, -0.15) is 4.98 Å². The average molecular weight is 239 g/mol. The summed E-state index contributed by atoms with van der Waals surface area (Å²) < 4.78 is 10.7. The van der Waals surface area contributed by atoms with Crippen LogP contribution in [0.1, 0.15) is 50.9 Å². The number of methoxy groups -OCH3 is 1. The first kappa shape index (κ1) is 12.5. The Morgan fingerprint density at radius 3 is 3.00 bits per heavy atom. The predicted octanol–water partition coefficient (Wildman–Crippen LogP) is 1.81. The fourth-order valence-electron chi connectivity index (χ4n) is 2.30. The van der Waals surface area contributed by atoms with Crippen molar-refractivity contribution in [3.05, 3.63) is 11.7 Å². The van der Waals surface area contributed by atoms with E-state index in [2.05, 4.69) is 22.4 Å². The molecule has 1 aromatic heterocycles. The lowest BCUT2D eigenvalue weighted by molar-refractivity contribution is 0.0903. The van der Waals surface area contributed by atoms with Crippen LogP contribution in [-0.2, 0) is 10.2 Å². The van der Waals surface area contributed by atoms with Crippen LogP contribution in [0.2, 0.25) is 0 Å². The van der Waals surface area contributed by atoms with Gasteiger partial charge in [0.15, 0.2) is 0 Å². The van der Waals surface area contributed by atoms with Crippen molar-refractivity contribution in [2.24, 2.45) is 0 Å². The topological polar surface area (TPSA) is 60.2 Å². The molecular formula is C12H21N3O2. The lowest BCUT2D eigenvalue weighted by atomic mass is 9.83. The SMILES string of the molecule is CCC(OC)c1noc(C2(C)CCCNC2)n1. The molecule has 1 saturated heterocycles. The van der Waals surface area contributed by atoms with Crippen LogP contribution in [0.5, 0.6) is 0 Å². The minimum atomic E-state index is -0.0624. The second-order valence-corrected chi connectivity index (χ2v) is 4.93. The Kier molecular flexibility index (Phi) is 3.79. The van der Waals surface area contributed by atoms with Gasteiger partial charge in [0.2, 0.25) is 11.7 Å². The van der Waals surface area contributed by atoms with Gasteiger partial charge in [0, 0.05) is 13.7 Å². The Hall–Kier alpha value is -0.940. The Morgan fingerprint density at radius 2 is 2.41 bits per heavy atom. The molecule has 1 fully saturated rings. The molecular weight excluding hydrogens is 218 g/mol. The predicted molar refractivity (Wildman–Crippen MR) is 63.8 cm³/mol. The molecule has 0 amide bonds. The lowest BCUT2D eigenvalue weighted by Crippen LogP contribution is -2.41. The van der Waals surface area contributed by atoms with E-state index in [1.54, 1.807) is 7.11 Å². The van der Waals surface area contributed by atoms with Gasteiger partial charge in [0.1, 0.15) is 6.10 Å². The molecule has 0 aromatic carbocycles. The Bertz CT molecular complexity index is 354. The van der Waals surface area contributed by atoms with Gasteiger partial charge in [-0.05, 0) is 32.7 Å². The van der Waals surface area contributed by atoms with Gasteiger partial charge in [-0.1, -0.05) is 12.1 Å². The Labute approximate surface area is 102 Å². The van der Waals surface area contributed by atoms with Gasteiger partial charge in [-0.15, -0.1) is 0 Å². The van der Waals surface area contributed by atoms with Crippen LogP contribution < -0.4 is 5.32 Å². The highest BCUT2D eigenvalue weighted by molar-refractivity contribution is 5.07. The maximum Gasteiger partial charge on any atom is 0.233 e. The van der Waals surface area contributed by atoms with E-state index in [1.807, 2.05) is 6.92 Å². The van der Waals surface area contributed by atoms with Crippen molar-refractivity contribution in [2.45, 2.75) is 44.6 Å². The third-order valence-electron chi connectivity index (χ3n) is 3.50. The van der Waals surface area contributed by atoms with Crippen molar-refractivity contribution in [2.75, 3.05) is 20.2 Å². The molecule has 0 radical (unpaired) electrons. The zero-order chi connectivity index (χ0) is 12.3. The molecule has 2 unspecified atom stereocenters. The van der Waals surface area contributed by atoms with E-state index in [0.29, 0.717) is 5.82 Å². The molecule has 0 aliphatic carbocycles. The first-order valence-corrected chi connectivity index (χ1v) is 6.27. The normalized spacial score (nSPS) is 27.0. The van der Waals surface area contributed by atoms with Crippen molar-refractivity contribution in [3.63, 3.8) is 0 Å². The van der Waals surface area contributed by atoms with Crippen molar-refractivity contribution < 1.29 is 9.26 Å². The largest absolute Gasteiger partial charge is 0.373 e. The summed E-state index contributed by atoms with van der Waals surface area (Å²) in [4.78, 5) is 4.50. The quantitative estimate of drug-likeness (QED) is 0.868. The summed E-state index contributed by atoms with van der Waals surface area (Å²) in [7, 11) is 1.67. The average Bonchev–Trinajstić information content (AvgIpc) is 2.82. The van der Waals surface area contributed by atoms with Gasteiger partial charge in [0.05, 0.1) is 5.41 Å². The first-order chi connectivity index (χ1) is 8.19. The molecule has 1 aliphatic heterocycles. The summed E-state index contributed by atoms with van der Waals surface area (Å²) in [5.74, 6) is 1.40. The first-order valence-electron chi connectivity index (χ1n) is 6.27. The summed E-state index contributed by atoms with van der Waals surface area (Å²) in [5.41, 5.74) is -0.0322. The second kappa shape index (κ2) is 5.14. The lowest BCUT2D eigenvalue weighted by Gasteiger charge is -2.30. The zero-order valence-electron chi connectivity index (χ0n) is 10.8. The van der Waals surface area contributed by atoms with Crippen molar-refractivity contribution in [1.29, 1.82) is 0 Å². The highest BCUT2D eigenvalue weighted by atomic mass is 16.5. The van der Waals surface area contributed by atoms with Crippen LogP contribution in [-0.4, -0.2) is 30.3 Å². The van der Waals surface area contributed by atoms with Gasteiger partial charge in [0.25, 0.3) is 0 Å². The van der Waals surface area contributed by atoms with Crippen LogP contribution in [0.15, 0.2) is 4.52 Å². The molecule has 2 heterocycles. The molecule has 5 heteroatoms. The molecule has 1 aromatic rings. The number of aromatic nitrogens is 2. The fourth-order valence-corrected chi connectivity index (χ4v) is 2.30. The van der Waals surface area contributed by atoms with Crippen molar-refractivity contribution >= 4 is 0 Å². The molecule has 5 nitrogen and oxygen atoms in total. The number of hydrogen-bond acceptors (Lipinski definition) is 5. The van der Waals surface area contributed by atoms with Crippen molar-refractivity contribution in [1.82, 2.24) is 15.5 Å². The van der Waals surface area contributed by atoms with E-state index in [0.717, 1.165) is 38.2 Å². The van der Waals surface area contributed by atoms with Gasteiger partial charge < -0.3 is 14.6 Å². The molecule has 2 atom stereocenters. The van der Waals surface area contributed by atoms with E-state index in [1.165, 1.54) is 0 Å². The van der Waals surface area contributed by atoms with E-state index in [-0.39, 0.29) is 11.5 Å². The molecule has 1 N–H and O–H groups in total. The van der Waals surface area contributed by atoms with E-state index < -0.39 is 0 Å². The van der Waals surface area contributed by atoms with Gasteiger partial charge in [-0.3, -0.25) is 0 Å². The maximum atomic E-state index is 5.41. The number of ether oxygens (including phenoxy) is 1. The smallest absolute Gasteiger partial charge is 0.233 e. The van der Waals surface area contributed by atoms with Crippen LogP contribution in [0, 0.1) is 0 Å². The summed E-state index contributed by atoms with van der Waals surface area (Å²) in [6.07, 6.45) is 3.03. The number of hydrogen-bond donors (Lipinski definition) is 1. The third-order valence-corrected chi connectivity index (χ3v) is 3.50. The number of nitrogens with zero attached hydrogens (tertiary/aromatic N) is 2. The summed E-state index contributed by atoms with van der Waals surface area (Å²) in [6, 6.07) is 0. The van der Waals surface area contributed by atoms with Gasteiger partial charge in [-0.25, -0.2) is 0 Å². The molecule has 1 aliphatic rings. The van der Waals surface area contributed by atoms with Crippen LogP contribution in [0.4, 0.5) is 0 Å². The molecule has 0 bridgehead atoms.